The van der Waals surface area contributed by atoms with E-state index in [1.54, 1.807) is 0 Å². The van der Waals surface area contributed by atoms with Gasteiger partial charge in [0.15, 0.2) is 0 Å². The molecule has 2 atom stereocenters. The molecule has 4 aromatic carbocycles. The van der Waals surface area contributed by atoms with Crippen molar-refractivity contribution >= 4 is 29.2 Å². The monoisotopic (exact) mass is 682 g/mol. The number of halogens is 2. The molecular weight excluding hydrogens is 643 g/mol. The first-order chi connectivity index (χ1) is 20.9. The number of benzene rings is 4. The maximum atomic E-state index is 7.95. The van der Waals surface area contributed by atoms with Crippen LogP contribution in [0.25, 0.3) is 34.4 Å². The molecule has 4 aromatic rings. The molecular formula is C40H42Cl2Zr. The van der Waals surface area contributed by atoms with Gasteiger partial charge in [0.25, 0.3) is 0 Å². The molecule has 3 heteroatoms. The summed E-state index contributed by atoms with van der Waals surface area (Å²) in [5.74, 6) is 0. The predicted octanol–water partition coefficient (Wildman–Crippen LogP) is 12.8. The molecule has 0 aliphatic heterocycles. The van der Waals surface area contributed by atoms with Gasteiger partial charge in [0.05, 0.1) is 0 Å². The third kappa shape index (κ3) is 5.72. The van der Waals surface area contributed by atoms with Crippen molar-refractivity contribution in [2.24, 2.45) is 0 Å². The van der Waals surface area contributed by atoms with Crippen LogP contribution in [0.4, 0.5) is 0 Å². The van der Waals surface area contributed by atoms with E-state index in [1.807, 2.05) is 0 Å². The molecule has 0 amide bonds. The molecule has 6 rings (SSSR count). The van der Waals surface area contributed by atoms with Gasteiger partial charge in [0, 0.05) is 0 Å². The number of fused-ring (bicyclic) bond motifs is 2. The van der Waals surface area contributed by atoms with Crippen molar-refractivity contribution in [3.05, 3.63) is 129 Å². The molecule has 0 fully saturated rings. The molecule has 2 aliphatic carbocycles. The minimum atomic E-state index is -3.99. The Morgan fingerprint density at radius 1 is 0.535 bits per heavy atom. The van der Waals surface area contributed by atoms with Gasteiger partial charge < -0.3 is 0 Å². The fourth-order valence-electron chi connectivity index (χ4n) is 7.40. The van der Waals surface area contributed by atoms with E-state index in [2.05, 4.69) is 125 Å². The van der Waals surface area contributed by atoms with Crippen molar-refractivity contribution in [3.63, 3.8) is 0 Å². The van der Waals surface area contributed by atoms with Crippen LogP contribution in [0.5, 0.6) is 0 Å². The van der Waals surface area contributed by atoms with Gasteiger partial charge in [-0.3, -0.25) is 0 Å². The second-order valence-electron chi connectivity index (χ2n) is 12.2. The zero-order valence-corrected chi connectivity index (χ0v) is 29.9. The summed E-state index contributed by atoms with van der Waals surface area (Å²) in [4.78, 5) is 0. The average molecular weight is 685 g/mol. The topological polar surface area (TPSA) is 0 Å². The van der Waals surface area contributed by atoms with Gasteiger partial charge in [-0.15, -0.1) is 0 Å². The second kappa shape index (κ2) is 13.0. The standard InChI is InChI=1S/2C20H21.2ClH.Zr/c2*1-3-6-16-9-11-17(12-10-16)19-8-5-7-18-13-15(4-2)14-20(18)19;;;/h2*5,7-14H,3-4,6H2,1-2H3;2*1H;/q;;;;+2/p-2. The molecule has 0 aromatic heterocycles. The summed E-state index contributed by atoms with van der Waals surface area (Å²) in [6, 6.07) is 31.8. The van der Waals surface area contributed by atoms with Crippen LogP contribution in [0.15, 0.2) is 96.1 Å². The minimum absolute atomic E-state index is 0.125. The SMILES string of the molecule is CCCc1ccc(-c2cccc3c2C=C(CC)[CH]3[Zr]([Cl])([Cl])[CH]2C(CC)=Cc3c(-c4ccc(CCC)cc4)cccc32)cc1. The molecule has 220 valence electrons. The number of aryl methyl sites for hydroxylation is 2. The van der Waals surface area contributed by atoms with Crippen LogP contribution in [0.1, 0.15) is 94.0 Å². The summed E-state index contributed by atoms with van der Waals surface area (Å²) in [5, 5.41) is 0. The van der Waals surface area contributed by atoms with E-state index in [0.717, 1.165) is 38.5 Å². The van der Waals surface area contributed by atoms with Gasteiger partial charge in [-0.25, -0.2) is 0 Å². The van der Waals surface area contributed by atoms with Crippen LogP contribution < -0.4 is 0 Å². The fraction of sp³-hybridized carbons (Fsp3) is 0.300. The number of rotatable bonds is 10. The first-order valence-electron chi connectivity index (χ1n) is 16.1. The Morgan fingerprint density at radius 2 is 0.930 bits per heavy atom. The Bertz CT molecular complexity index is 1550. The van der Waals surface area contributed by atoms with Crippen LogP contribution in [0.3, 0.4) is 0 Å². The third-order valence-electron chi connectivity index (χ3n) is 9.50. The molecule has 2 unspecified atom stereocenters. The molecule has 0 N–H and O–H groups in total. The summed E-state index contributed by atoms with van der Waals surface area (Å²) in [5.41, 5.74) is 16.0. The molecule has 0 bridgehead atoms. The molecule has 0 saturated heterocycles. The third-order valence-corrected chi connectivity index (χ3v) is 21.8. The summed E-state index contributed by atoms with van der Waals surface area (Å²) < 4.78 is 0.250. The van der Waals surface area contributed by atoms with Gasteiger partial charge in [0.2, 0.25) is 0 Å². The molecule has 2 aliphatic rings. The van der Waals surface area contributed by atoms with E-state index < -0.39 is 17.9 Å². The second-order valence-corrected chi connectivity index (χ2v) is 26.9. The van der Waals surface area contributed by atoms with Gasteiger partial charge in [-0.2, -0.15) is 0 Å². The number of hydrogen-bond donors (Lipinski definition) is 0. The predicted molar refractivity (Wildman–Crippen MR) is 185 cm³/mol. The van der Waals surface area contributed by atoms with Crippen LogP contribution in [-0.4, -0.2) is 0 Å². The Morgan fingerprint density at radius 3 is 1.28 bits per heavy atom. The van der Waals surface area contributed by atoms with Crippen LogP contribution >= 0.6 is 17.0 Å². The van der Waals surface area contributed by atoms with E-state index in [9.17, 15) is 0 Å². The van der Waals surface area contributed by atoms with Gasteiger partial charge >= 0.3 is 272 Å². The van der Waals surface area contributed by atoms with Crippen LogP contribution in [0, 0.1) is 0 Å². The van der Waals surface area contributed by atoms with Crippen molar-refractivity contribution in [1.82, 2.24) is 0 Å². The summed E-state index contributed by atoms with van der Waals surface area (Å²) in [6.45, 7) is 9.00. The van der Waals surface area contributed by atoms with Gasteiger partial charge in [0.1, 0.15) is 0 Å². The summed E-state index contributed by atoms with van der Waals surface area (Å²) >= 11 is -3.99. The van der Waals surface area contributed by atoms with E-state index in [4.69, 9.17) is 17.0 Å². The number of allylic oxidation sites excluding steroid dienone is 2. The maximum absolute atomic E-state index is 7.95. The molecule has 0 nitrogen and oxygen atoms in total. The van der Waals surface area contributed by atoms with Crippen molar-refractivity contribution < 1.29 is 17.9 Å². The molecule has 0 heterocycles. The van der Waals surface area contributed by atoms with E-state index in [-0.39, 0.29) is 7.25 Å². The molecule has 0 spiro atoms. The summed E-state index contributed by atoms with van der Waals surface area (Å²) in [6.07, 6.45) is 11.3. The van der Waals surface area contributed by atoms with Crippen molar-refractivity contribution in [2.75, 3.05) is 0 Å². The molecule has 0 saturated carbocycles. The van der Waals surface area contributed by atoms with E-state index >= 15 is 0 Å². The van der Waals surface area contributed by atoms with Gasteiger partial charge in [-0.05, 0) is 0 Å². The average Bonchev–Trinajstić information content (AvgIpc) is 3.62. The zero-order valence-electron chi connectivity index (χ0n) is 25.9. The van der Waals surface area contributed by atoms with Crippen LogP contribution in [0.2, 0.25) is 0 Å². The van der Waals surface area contributed by atoms with E-state index in [0.29, 0.717) is 0 Å². The first kappa shape index (κ1) is 30.8. The first-order valence-corrected chi connectivity index (χ1v) is 25.3. The van der Waals surface area contributed by atoms with E-state index in [1.165, 1.54) is 66.8 Å². The Kier molecular flexibility index (Phi) is 9.36. The quantitative estimate of drug-likeness (QED) is 0.156. The Labute approximate surface area is 270 Å². The zero-order chi connectivity index (χ0) is 30.1. The Balaban J connectivity index is 1.41. The number of hydrogen-bond acceptors (Lipinski definition) is 0. The van der Waals surface area contributed by atoms with Crippen LogP contribution in [-0.2, 0) is 30.7 Å². The molecule has 43 heavy (non-hydrogen) atoms. The Hall–Kier alpha value is -2.18. The van der Waals surface area contributed by atoms with Crippen molar-refractivity contribution in [1.29, 1.82) is 0 Å². The van der Waals surface area contributed by atoms with Crippen molar-refractivity contribution in [2.45, 2.75) is 73.5 Å². The van der Waals surface area contributed by atoms with Gasteiger partial charge in [-0.1, -0.05) is 0 Å². The molecule has 0 radical (unpaired) electrons. The normalized spacial score (nSPS) is 17.4. The summed E-state index contributed by atoms with van der Waals surface area (Å²) in [7, 11) is 15.9. The van der Waals surface area contributed by atoms with Crippen molar-refractivity contribution in [3.8, 4) is 22.3 Å². The fourth-order valence-corrected chi connectivity index (χ4v) is 21.4.